The Bertz CT molecular complexity index is 633. The third-order valence-corrected chi connectivity index (χ3v) is 5.27. The van der Waals surface area contributed by atoms with E-state index in [1.54, 1.807) is 0 Å². The van der Waals surface area contributed by atoms with Gasteiger partial charge >= 0.3 is 0 Å². The van der Waals surface area contributed by atoms with Crippen LogP contribution in [0.25, 0.3) is 10.8 Å². The minimum absolute atomic E-state index is 0.0276. The minimum atomic E-state index is -0.0276. The third kappa shape index (κ3) is 1.96. The highest BCUT2D eigenvalue weighted by atomic mass is 35.5. The molecule has 2 unspecified atom stereocenters. The first kappa shape index (κ1) is 12.7. The molecule has 104 valence electrons. The molecule has 20 heavy (non-hydrogen) atoms. The van der Waals surface area contributed by atoms with Gasteiger partial charge in [0, 0.05) is 6.61 Å². The fourth-order valence-electron chi connectivity index (χ4n) is 3.71. The zero-order valence-electron chi connectivity index (χ0n) is 11.6. The number of benzene rings is 2. The minimum Gasteiger partial charge on any atom is -0.376 e. The molecule has 0 spiro atoms. The van der Waals surface area contributed by atoms with E-state index in [-0.39, 0.29) is 11.5 Å². The average Bonchev–Trinajstić information content (AvgIpc) is 2.93. The Morgan fingerprint density at radius 1 is 1.05 bits per heavy atom. The summed E-state index contributed by atoms with van der Waals surface area (Å²) in [6, 6.07) is 11.1. The van der Waals surface area contributed by atoms with Crippen molar-refractivity contribution in [1.29, 1.82) is 0 Å². The van der Waals surface area contributed by atoms with Gasteiger partial charge < -0.3 is 4.74 Å². The summed E-state index contributed by atoms with van der Waals surface area (Å²) in [6.45, 7) is 0.856. The first-order chi connectivity index (χ1) is 9.84. The molecule has 2 aliphatic rings. The summed E-state index contributed by atoms with van der Waals surface area (Å²) in [5, 5.41) is 2.76. The van der Waals surface area contributed by atoms with E-state index < -0.39 is 0 Å². The number of hydrogen-bond acceptors (Lipinski definition) is 1. The number of ether oxygens (including phenoxy) is 1. The van der Waals surface area contributed by atoms with Crippen molar-refractivity contribution in [2.75, 3.05) is 6.61 Å². The van der Waals surface area contributed by atoms with Crippen LogP contribution in [0.3, 0.4) is 0 Å². The molecule has 2 aromatic rings. The molecule has 1 heterocycles. The second-order valence-electron chi connectivity index (χ2n) is 5.96. The Morgan fingerprint density at radius 2 is 1.90 bits per heavy atom. The molecule has 0 N–H and O–H groups in total. The summed E-state index contributed by atoms with van der Waals surface area (Å²) in [5.41, 5.74) is 4.21. The van der Waals surface area contributed by atoms with Crippen LogP contribution in [-0.2, 0) is 17.6 Å². The molecule has 2 atom stereocenters. The maximum absolute atomic E-state index is 6.76. The van der Waals surface area contributed by atoms with Gasteiger partial charge in [0.05, 0.1) is 11.5 Å². The lowest BCUT2D eigenvalue weighted by Crippen LogP contribution is -2.23. The van der Waals surface area contributed by atoms with Crippen molar-refractivity contribution in [2.45, 2.75) is 43.6 Å². The molecule has 0 amide bonds. The van der Waals surface area contributed by atoms with Crippen LogP contribution in [0.4, 0.5) is 0 Å². The van der Waals surface area contributed by atoms with Crippen LogP contribution in [-0.4, -0.2) is 12.7 Å². The van der Waals surface area contributed by atoms with Gasteiger partial charge in [-0.2, -0.15) is 0 Å². The molecular weight excluding hydrogens is 268 g/mol. The van der Waals surface area contributed by atoms with E-state index in [1.807, 2.05) is 0 Å². The molecule has 1 fully saturated rings. The number of aryl methyl sites for hydroxylation is 2. The lowest BCUT2D eigenvalue weighted by Gasteiger charge is -2.27. The van der Waals surface area contributed by atoms with Crippen molar-refractivity contribution in [3.05, 3.63) is 47.0 Å². The topological polar surface area (TPSA) is 9.23 Å². The summed E-state index contributed by atoms with van der Waals surface area (Å²) >= 11 is 6.76. The van der Waals surface area contributed by atoms with Crippen molar-refractivity contribution in [1.82, 2.24) is 0 Å². The maximum Gasteiger partial charge on any atom is 0.0853 e. The number of rotatable bonds is 2. The normalized spacial score (nSPS) is 23.1. The Kier molecular flexibility index (Phi) is 3.20. The molecular formula is C18H19ClO. The van der Waals surface area contributed by atoms with E-state index in [2.05, 4.69) is 30.3 Å². The van der Waals surface area contributed by atoms with E-state index in [0.29, 0.717) is 0 Å². The van der Waals surface area contributed by atoms with Gasteiger partial charge in [0.1, 0.15) is 0 Å². The van der Waals surface area contributed by atoms with Crippen LogP contribution in [0.1, 0.15) is 41.3 Å². The highest BCUT2D eigenvalue weighted by molar-refractivity contribution is 6.22. The molecule has 0 bridgehead atoms. The molecule has 1 saturated heterocycles. The highest BCUT2D eigenvalue weighted by Gasteiger charge is 2.27. The zero-order valence-corrected chi connectivity index (χ0v) is 12.3. The highest BCUT2D eigenvalue weighted by Crippen LogP contribution is 2.39. The molecule has 1 aliphatic carbocycles. The van der Waals surface area contributed by atoms with Gasteiger partial charge in [-0.05, 0) is 59.6 Å². The lowest BCUT2D eigenvalue weighted by atomic mass is 9.94. The zero-order chi connectivity index (χ0) is 13.5. The SMILES string of the molecule is ClC(c1ccc2c3c(cccc13)CC2)C1CCCCO1. The summed E-state index contributed by atoms with van der Waals surface area (Å²) < 4.78 is 5.89. The summed E-state index contributed by atoms with van der Waals surface area (Å²) in [4.78, 5) is 0. The molecule has 1 nitrogen and oxygen atoms in total. The Hall–Kier alpha value is -1.05. The van der Waals surface area contributed by atoms with E-state index >= 15 is 0 Å². The van der Waals surface area contributed by atoms with E-state index in [0.717, 1.165) is 13.0 Å². The van der Waals surface area contributed by atoms with Crippen molar-refractivity contribution in [3.8, 4) is 0 Å². The van der Waals surface area contributed by atoms with Gasteiger partial charge in [-0.3, -0.25) is 0 Å². The lowest BCUT2D eigenvalue weighted by molar-refractivity contribution is 0.0138. The van der Waals surface area contributed by atoms with Crippen LogP contribution in [0, 0.1) is 0 Å². The smallest absolute Gasteiger partial charge is 0.0853 e. The number of alkyl halides is 1. The monoisotopic (exact) mass is 286 g/mol. The quantitative estimate of drug-likeness (QED) is 0.722. The van der Waals surface area contributed by atoms with Crippen molar-refractivity contribution < 1.29 is 4.74 Å². The van der Waals surface area contributed by atoms with Gasteiger partial charge in [0.2, 0.25) is 0 Å². The van der Waals surface area contributed by atoms with E-state index in [9.17, 15) is 0 Å². The average molecular weight is 287 g/mol. The van der Waals surface area contributed by atoms with Crippen LogP contribution in [0.2, 0.25) is 0 Å². The van der Waals surface area contributed by atoms with Gasteiger partial charge in [-0.15, -0.1) is 11.6 Å². The van der Waals surface area contributed by atoms with Gasteiger partial charge in [-0.25, -0.2) is 0 Å². The molecule has 2 heteroatoms. The standard InChI is InChI=1S/C18H19ClO/c19-18(16-6-1-2-11-20-16)15-10-9-13-8-7-12-4-3-5-14(15)17(12)13/h3-5,9-10,16,18H,1-2,6-8,11H2. The fraction of sp³-hybridized carbons (Fsp3) is 0.444. The first-order valence-corrected chi connectivity index (χ1v) is 8.07. The number of halogens is 1. The van der Waals surface area contributed by atoms with Crippen molar-refractivity contribution in [3.63, 3.8) is 0 Å². The van der Waals surface area contributed by atoms with E-state index in [4.69, 9.17) is 16.3 Å². The molecule has 0 radical (unpaired) electrons. The van der Waals surface area contributed by atoms with Gasteiger partial charge in [0.15, 0.2) is 0 Å². The van der Waals surface area contributed by atoms with Crippen LogP contribution in [0.5, 0.6) is 0 Å². The molecule has 2 aromatic carbocycles. The van der Waals surface area contributed by atoms with E-state index in [1.165, 1.54) is 53.1 Å². The van der Waals surface area contributed by atoms with Gasteiger partial charge in [0.25, 0.3) is 0 Å². The molecule has 0 aromatic heterocycles. The predicted molar refractivity (Wildman–Crippen MR) is 83.5 cm³/mol. The first-order valence-electron chi connectivity index (χ1n) is 7.63. The number of hydrogen-bond donors (Lipinski definition) is 0. The Labute approximate surface area is 124 Å². The fourth-order valence-corrected chi connectivity index (χ4v) is 4.10. The van der Waals surface area contributed by atoms with Crippen molar-refractivity contribution >= 4 is 22.4 Å². The molecule has 4 rings (SSSR count). The summed E-state index contributed by atoms with van der Waals surface area (Å²) in [6.07, 6.45) is 5.99. The Morgan fingerprint density at radius 3 is 2.70 bits per heavy atom. The third-order valence-electron chi connectivity index (χ3n) is 4.75. The molecule has 0 saturated carbocycles. The van der Waals surface area contributed by atoms with Gasteiger partial charge in [-0.1, -0.05) is 30.3 Å². The largest absolute Gasteiger partial charge is 0.376 e. The Balaban J connectivity index is 1.80. The van der Waals surface area contributed by atoms with Crippen LogP contribution in [0.15, 0.2) is 30.3 Å². The maximum atomic E-state index is 6.76. The van der Waals surface area contributed by atoms with Crippen LogP contribution < -0.4 is 0 Å². The summed E-state index contributed by atoms with van der Waals surface area (Å²) in [7, 11) is 0. The predicted octanol–water partition coefficient (Wildman–Crippen LogP) is 4.79. The van der Waals surface area contributed by atoms with Crippen LogP contribution >= 0.6 is 11.6 Å². The van der Waals surface area contributed by atoms with Crippen molar-refractivity contribution in [2.24, 2.45) is 0 Å². The summed E-state index contributed by atoms with van der Waals surface area (Å²) in [5.74, 6) is 0. The second-order valence-corrected chi connectivity index (χ2v) is 6.43. The molecule has 1 aliphatic heterocycles. The second kappa shape index (κ2) is 5.05.